The molecule has 4 rings (SSSR count). The number of rotatable bonds is 5. The summed E-state index contributed by atoms with van der Waals surface area (Å²) in [6.07, 6.45) is -1.71. The van der Waals surface area contributed by atoms with Gasteiger partial charge in [0.25, 0.3) is 0 Å². The molecule has 0 spiro atoms. The summed E-state index contributed by atoms with van der Waals surface area (Å²) in [6.45, 7) is 5.29. The van der Waals surface area contributed by atoms with Crippen LogP contribution >= 0.6 is 0 Å². The Balaban J connectivity index is 1.49. The lowest BCUT2D eigenvalue weighted by Crippen LogP contribution is -2.35. The molecule has 2 aliphatic heterocycles. The fourth-order valence-electron chi connectivity index (χ4n) is 4.43. The quantitative estimate of drug-likeness (QED) is 0.662. The van der Waals surface area contributed by atoms with Crippen LogP contribution in [0, 0.1) is 5.92 Å². The average Bonchev–Trinajstić information content (AvgIpc) is 2.81. The van der Waals surface area contributed by atoms with Crippen molar-refractivity contribution in [2.24, 2.45) is 5.92 Å². The molecule has 2 amide bonds. The molecule has 0 bridgehead atoms. The van der Waals surface area contributed by atoms with Gasteiger partial charge in [0.05, 0.1) is 5.92 Å². The zero-order valence-electron chi connectivity index (χ0n) is 19.3. The molecule has 34 heavy (non-hydrogen) atoms. The normalized spacial score (nSPS) is 17.7. The Bertz CT molecular complexity index is 1080. The monoisotopic (exact) mass is 474 g/mol. The highest BCUT2D eigenvalue weighted by atomic mass is 19.4. The molecule has 1 saturated heterocycles. The van der Waals surface area contributed by atoms with Crippen LogP contribution in [-0.2, 0) is 28.7 Å². The minimum atomic E-state index is -4.53. The Morgan fingerprint density at radius 2 is 1.94 bits per heavy atom. The zero-order chi connectivity index (χ0) is 24.5. The fraction of sp³-hybridized carbons (Fsp3) is 0.480. The van der Waals surface area contributed by atoms with Crippen LogP contribution in [0.4, 0.5) is 24.7 Å². The molecule has 2 N–H and O–H groups in total. The summed E-state index contributed by atoms with van der Waals surface area (Å²) in [5.74, 6) is 0.118. The van der Waals surface area contributed by atoms with E-state index >= 15 is 0 Å². The number of halogens is 3. The van der Waals surface area contributed by atoms with Gasteiger partial charge in [0.1, 0.15) is 11.5 Å². The lowest BCUT2D eigenvalue weighted by atomic mass is 9.94. The molecule has 1 unspecified atom stereocenters. The van der Waals surface area contributed by atoms with Gasteiger partial charge in [0.15, 0.2) is 0 Å². The number of anilines is 2. The molecule has 2 aliphatic rings. The molecule has 1 aromatic carbocycles. The summed E-state index contributed by atoms with van der Waals surface area (Å²) < 4.78 is 39.9. The van der Waals surface area contributed by atoms with Gasteiger partial charge in [0, 0.05) is 37.3 Å². The maximum Gasteiger partial charge on any atom is 0.433 e. The fourth-order valence-corrected chi connectivity index (χ4v) is 4.43. The van der Waals surface area contributed by atoms with Gasteiger partial charge in [0.2, 0.25) is 11.8 Å². The molecule has 2 aromatic rings. The number of nitrogens with zero attached hydrogens (tertiary/aromatic N) is 2. The number of hydrogen-bond donors (Lipinski definition) is 2. The molecule has 1 fully saturated rings. The summed E-state index contributed by atoms with van der Waals surface area (Å²) >= 11 is 0. The molecule has 0 saturated carbocycles. The molecule has 3 heterocycles. The number of alkyl halides is 3. The van der Waals surface area contributed by atoms with Crippen molar-refractivity contribution in [1.29, 1.82) is 0 Å². The Morgan fingerprint density at radius 1 is 1.21 bits per heavy atom. The van der Waals surface area contributed by atoms with Crippen molar-refractivity contribution in [3.8, 4) is 0 Å². The van der Waals surface area contributed by atoms with Gasteiger partial charge in [-0.1, -0.05) is 25.1 Å². The predicted octanol–water partition coefficient (Wildman–Crippen LogP) is 4.64. The van der Waals surface area contributed by atoms with Crippen LogP contribution in [-0.4, -0.2) is 29.9 Å². The third-order valence-electron chi connectivity index (χ3n) is 6.70. The van der Waals surface area contributed by atoms with Crippen molar-refractivity contribution in [3.63, 3.8) is 0 Å². The van der Waals surface area contributed by atoms with E-state index in [9.17, 15) is 22.8 Å². The summed E-state index contributed by atoms with van der Waals surface area (Å²) in [7, 11) is 0. The first-order chi connectivity index (χ1) is 16.1. The van der Waals surface area contributed by atoms with E-state index in [0.717, 1.165) is 35.7 Å². The van der Waals surface area contributed by atoms with Crippen LogP contribution < -0.4 is 15.5 Å². The highest BCUT2D eigenvalue weighted by molar-refractivity contribution is 5.94. The number of pyridine rings is 1. The number of carbonyl (C=O) groups is 2. The van der Waals surface area contributed by atoms with E-state index in [-0.39, 0.29) is 18.4 Å². The van der Waals surface area contributed by atoms with E-state index < -0.39 is 17.8 Å². The Labute approximate surface area is 196 Å². The van der Waals surface area contributed by atoms with E-state index in [1.54, 1.807) is 13.0 Å². The molecule has 6 nitrogen and oxygen atoms in total. The van der Waals surface area contributed by atoms with E-state index in [2.05, 4.69) is 22.5 Å². The van der Waals surface area contributed by atoms with E-state index in [1.165, 1.54) is 6.07 Å². The first-order valence-corrected chi connectivity index (χ1v) is 11.6. The molecule has 1 atom stereocenters. The van der Waals surface area contributed by atoms with Crippen LogP contribution in [0.3, 0.4) is 0 Å². The molecule has 0 aliphatic carbocycles. The van der Waals surface area contributed by atoms with Crippen molar-refractivity contribution in [2.45, 2.75) is 58.2 Å². The number of hydrogen-bond acceptors (Lipinski definition) is 4. The minimum Gasteiger partial charge on any atom is -0.356 e. The molecule has 9 heteroatoms. The lowest BCUT2D eigenvalue weighted by Gasteiger charge is -2.33. The van der Waals surface area contributed by atoms with Gasteiger partial charge in [-0.25, -0.2) is 4.98 Å². The second kappa shape index (κ2) is 9.64. The van der Waals surface area contributed by atoms with Gasteiger partial charge in [-0.05, 0) is 55.4 Å². The van der Waals surface area contributed by atoms with Crippen molar-refractivity contribution in [3.05, 3.63) is 52.7 Å². The highest BCUT2D eigenvalue weighted by Gasteiger charge is 2.34. The molecule has 1 aromatic heterocycles. The number of piperidine rings is 1. The summed E-state index contributed by atoms with van der Waals surface area (Å²) in [5, 5.41) is 5.70. The molecular formula is C25H29F3N4O2. The van der Waals surface area contributed by atoms with Crippen molar-refractivity contribution in [2.75, 3.05) is 23.3 Å². The minimum absolute atomic E-state index is 0.0184. The number of aryl methyl sites for hydroxylation is 1. The van der Waals surface area contributed by atoms with Gasteiger partial charge in [-0.2, -0.15) is 13.2 Å². The van der Waals surface area contributed by atoms with Crippen molar-refractivity contribution in [1.82, 2.24) is 10.3 Å². The number of fused-ring (bicyclic) bond motifs is 1. The van der Waals surface area contributed by atoms with E-state index in [4.69, 9.17) is 0 Å². The van der Waals surface area contributed by atoms with Crippen LogP contribution in [0.2, 0.25) is 0 Å². The number of aromatic nitrogens is 1. The zero-order valence-corrected chi connectivity index (χ0v) is 19.3. The van der Waals surface area contributed by atoms with Gasteiger partial charge in [-0.3, -0.25) is 9.59 Å². The maximum atomic E-state index is 13.3. The predicted molar refractivity (Wildman–Crippen MR) is 124 cm³/mol. The van der Waals surface area contributed by atoms with Gasteiger partial charge < -0.3 is 15.5 Å². The third-order valence-corrected chi connectivity index (χ3v) is 6.70. The first-order valence-electron chi connectivity index (χ1n) is 11.6. The first kappa shape index (κ1) is 24.0. The van der Waals surface area contributed by atoms with Crippen LogP contribution in [0.25, 0.3) is 0 Å². The standard InChI is InChI=1S/C25H29F3N4O2/c1-15-9-11-32(12-10-15)23-19(4-7-21(31-23)25(26,27)28)14-29-24(34)16(2)17-3-6-20-18(13-17)5-8-22(33)30-20/h3-4,6-7,13,15-16H,5,8-12,14H2,1-2H3,(H,29,34)(H,30,33). The lowest BCUT2D eigenvalue weighted by molar-refractivity contribution is -0.141. The Hall–Kier alpha value is -3.10. The topological polar surface area (TPSA) is 74.3 Å². The van der Waals surface area contributed by atoms with E-state index in [1.807, 2.05) is 17.0 Å². The Kier molecular flexibility index (Phi) is 6.81. The van der Waals surface area contributed by atoms with Crippen LogP contribution in [0.5, 0.6) is 0 Å². The van der Waals surface area contributed by atoms with Crippen molar-refractivity contribution >= 4 is 23.3 Å². The number of amides is 2. The number of nitrogens with one attached hydrogen (secondary N) is 2. The summed E-state index contributed by atoms with van der Waals surface area (Å²) in [5.41, 5.74) is 2.22. The van der Waals surface area contributed by atoms with Gasteiger partial charge in [-0.15, -0.1) is 0 Å². The highest BCUT2D eigenvalue weighted by Crippen LogP contribution is 2.32. The third kappa shape index (κ3) is 5.34. The summed E-state index contributed by atoms with van der Waals surface area (Å²) in [6, 6.07) is 7.93. The van der Waals surface area contributed by atoms with Gasteiger partial charge >= 0.3 is 6.18 Å². The SMILES string of the molecule is CC1CCN(c2nc(C(F)(F)F)ccc2CNC(=O)C(C)c2ccc3c(c2)CCC(=O)N3)CC1. The summed E-state index contributed by atoms with van der Waals surface area (Å²) in [4.78, 5) is 30.3. The molecular weight excluding hydrogens is 445 g/mol. The van der Waals surface area contributed by atoms with E-state index in [0.29, 0.717) is 43.2 Å². The van der Waals surface area contributed by atoms with Crippen LogP contribution in [0.15, 0.2) is 30.3 Å². The number of carbonyl (C=O) groups excluding carboxylic acids is 2. The Morgan fingerprint density at radius 3 is 2.65 bits per heavy atom. The van der Waals surface area contributed by atoms with Crippen LogP contribution in [0.1, 0.15) is 61.4 Å². The average molecular weight is 475 g/mol. The second-order valence-electron chi connectivity index (χ2n) is 9.25. The molecule has 182 valence electrons. The largest absolute Gasteiger partial charge is 0.433 e. The maximum absolute atomic E-state index is 13.3. The number of benzene rings is 1. The smallest absolute Gasteiger partial charge is 0.356 e. The second-order valence-corrected chi connectivity index (χ2v) is 9.25. The molecule has 0 radical (unpaired) electrons. The van der Waals surface area contributed by atoms with Crippen molar-refractivity contribution < 1.29 is 22.8 Å².